The minimum atomic E-state index is 0.0718. The number of fused-ring (bicyclic) bond motifs is 2. The zero-order valence-corrected chi connectivity index (χ0v) is 13.9. The van der Waals surface area contributed by atoms with Gasteiger partial charge in [-0.25, -0.2) is 0 Å². The van der Waals surface area contributed by atoms with Crippen molar-refractivity contribution >= 4 is 5.91 Å². The van der Waals surface area contributed by atoms with Crippen LogP contribution in [-0.4, -0.2) is 11.4 Å². The van der Waals surface area contributed by atoms with E-state index < -0.39 is 0 Å². The maximum atomic E-state index is 12.6. The normalized spacial score (nSPS) is 25.0. The zero-order chi connectivity index (χ0) is 16.6. The van der Waals surface area contributed by atoms with Crippen molar-refractivity contribution in [2.75, 3.05) is 0 Å². The first-order valence-electron chi connectivity index (χ1n) is 8.89. The lowest BCUT2D eigenvalue weighted by Gasteiger charge is -2.28. The first kappa shape index (κ1) is 15.4. The molecule has 0 saturated heterocycles. The van der Waals surface area contributed by atoms with Gasteiger partial charge in [0.05, 0.1) is 0 Å². The molecule has 0 heterocycles. The van der Waals surface area contributed by atoms with Crippen molar-refractivity contribution in [1.82, 2.24) is 5.32 Å². The average molecular weight is 320 g/mol. The number of carbonyl (C=O) groups is 1. The number of carbonyl (C=O) groups excluding carboxylic acids is 1. The van der Waals surface area contributed by atoms with E-state index in [0.29, 0.717) is 6.54 Å². The van der Waals surface area contributed by atoms with Crippen LogP contribution in [0, 0.1) is 5.92 Å². The summed E-state index contributed by atoms with van der Waals surface area (Å²) in [5.41, 5.74) is 9.86. The van der Waals surface area contributed by atoms with Gasteiger partial charge in [0, 0.05) is 17.6 Å². The third-order valence-electron chi connectivity index (χ3n) is 5.79. The Labute approximate surface area is 143 Å². The monoisotopic (exact) mass is 320 g/mol. The second-order valence-electron chi connectivity index (χ2n) is 7.36. The minimum absolute atomic E-state index is 0.0718. The van der Waals surface area contributed by atoms with Crippen LogP contribution in [0.5, 0.6) is 0 Å². The first-order valence-corrected chi connectivity index (χ1v) is 8.89. The van der Waals surface area contributed by atoms with Crippen molar-refractivity contribution in [3.8, 4) is 11.1 Å². The molecule has 2 aromatic rings. The van der Waals surface area contributed by atoms with Crippen LogP contribution in [0.4, 0.5) is 0 Å². The van der Waals surface area contributed by atoms with Crippen LogP contribution in [0.3, 0.4) is 0 Å². The summed E-state index contributed by atoms with van der Waals surface area (Å²) in [5.74, 6) is 0.909. The van der Waals surface area contributed by atoms with Crippen LogP contribution in [-0.2, 0) is 6.54 Å². The number of hydrogen-bond acceptors (Lipinski definition) is 2. The molecular formula is C21H24N2O. The Balaban J connectivity index is 1.47. The van der Waals surface area contributed by atoms with Gasteiger partial charge in [0.25, 0.3) is 5.91 Å². The molecule has 0 spiro atoms. The van der Waals surface area contributed by atoms with E-state index in [2.05, 4.69) is 17.4 Å². The summed E-state index contributed by atoms with van der Waals surface area (Å²) in [5, 5.41) is 3.32. The lowest BCUT2D eigenvalue weighted by atomic mass is 9.93. The van der Waals surface area contributed by atoms with Gasteiger partial charge in [-0.15, -0.1) is 0 Å². The molecule has 3 heteroatoms. The van der Waals surface area contributed by atoms with Gasteiger partial charge in [0.15, 0.2) is 0 Å². The SMILES string of the molecule is NCc1ccc(-c2ccc(C(=O)NC34CCC(CC3)C4)cc2)cc1. The van der Waals surface area contributed by atoms with E-state index in [4.69, 9.17) is 5.73 Å². The van der Waals surface area contributed by atoms with Gasteiger partial charge in [0.2, 0.25) is 0 Å². The van der Waals surface area contributed by atoms with Crippen LogP contribution in [0.1, 0.15) is 48.0 Å². The predicted octanol–water partition coefficient (Wildman–Crippen LogP) is 3.87. The molecule has 2 aliphatic carbocycles. The molecule has 3 N–H and O–H groups in total. The largest absolute Gasteiger partial charge is 0.347 e. The van der Waals surface area contributed by atoms with E-state index in [1.165, 1.54) is 19.3 Å². The highest BCUT2D eigenvalue weighted by Gasteiger charge is 2.45. The Bertz CT molecular complexity index is 725. The van der Waals surface area contributed by atoms with Crippen LogP contribution < -0.4 is 11.1 Å². The summed E-state index contributed by atoms with van der Waals surface area (Å²) >= 11 is 0. The molecule has 24 heavy (non-hydrogen) atoms. The fourth-order valence-electron chi connectivity index (χ4n) is 4.33. The van der Waals surface area contributed by atoms with Gasteiger partial charge in [0.1, 0.15) is 0 Å². The summed E-state index contributed by atoms with van der Waals surface area (Å²) < 4.78 is 0. The summed E-state index contributed by atoms with van der Waals surface area (Å²) in [6, 6.07) is 16.2. The van der Waals surface area contributed by atoms with Gasteiger partial charge in [-0.1, -0.05) is 36.4 Å². The van der Waals surface area contributed by atoms with Crippen LogP contribution in [0.25, 0.3) is 11.1 Å². The molecule has 0 radical (unpaired) electrons. The van der Waals surface area contributed by atoms with E-state index in [1.54, 1.807) is 0 Å². The molecule has 0 aliphatic heterocycles. The molecule has 2 saturated carbocycles. The Hall–Kier alpha value is -2.13. The zero-order valence-electron chi connectivity index (χ0n) is 13.9. The Morgan fingerprint density at radius 3 is 2.08 bits per heavy atom. The molecule has 2 aliphatic rings. The predicted molar refractivity (Wildman–Crippen MR) is 96.5 cm³/mol. The summed E-state index contributed by atoms with van der Waals surface area (Å²) in [7, 11) is 0. The van der Waals surface area contributed by atoms with Crippen LogP contribution >= 0.6 is 0 Å². The average Bonchev–Trinajstić information content (AvgIpc) is 3.22. The third kappa shape index (κ3) is 2.84. The van der Waals surface area contributed by atoms with E-state index in [-0.39, 0.29) is 11.4 Å². The summed E-state index contributed by atoms with van der Waals surface area (Å²) in [6.45, 7) is 0.558. The van der Waals surface area contributed by atoms with Gasteiger partial charge >= 0.3 is 0 Å². The van der Waals surface area contributed by atoms with Gasteiger partial charge in [-0.05, 0) is 66.8 Å². The van der Waals surface area contributed by atoms with E-state index >= 15 is 0 Å². The van der Waals surface area contributed by atoms with Crippen LogP contribution in [0.2, 0.25) is 0 Å². The molecule has 2 fully saturated rings. The van der Waals surface area contributed by atoms with E-state index in [1.807, 2.05) is 36.4 Å². The van der Waals surface area contributed by atoms with Gasteiger partial charge in [-0.2, -0.15) is 0 Å². The lowest BCUT2D eigenvalue weighted by Crippen LogP contribution is -2.44. The minimum Gasteiger partial charge on any atom is -0.347 e. The van der Waals surface area contributed by atoms with Crippen molar-refractivity contribution < 1.29 is 4.79 Å². The summed E-state index contributed by atoms with van der Waals surface area (Å²) in [6.07, 6.45) is 6.02. The Kier molecular flexibility index (Phi) is 3.89. The fraction of sp³-hybridized carbons (Fsp3) is 0.381. The van der Waals surface area contributed by atoms with Gasteiger partial charge < -0.3 is 11.1 Å². The molecule has 124 valence electrons. The Morgan fingerprint density at radius 2 is 1.58 bits per heavy atom. The first-order chi connectivity index (χ1) is 11.7. The number of amides is 1. The maximum absolute atomic E-state index is 12.6. The molecule has 3 nitrogen and oxygen atoms in total. The molecule has 2 aromatic carbocycles. The van der Waals surface area contributed by atoms with Crippen molar-refractivity contribution in [3.63, 3.8) is 0 Å². The molecule has 0 aromatic heterocycles. The molecular weight excluding hydrogens is 296 g/mol. The van der Waals surface area contributed by atoms with Crippen molar-refractivity contribution in [3.05, 3.63) is 59.7 Å². The van der Waals surface area contributed by atoms with Gasteiger partial charge in [-0.3, -0.25) is 4.79 Å². The quantitative estimate of drug-likeness (QED) is 0.898. The highest BCUT2D eigenvalue weighted by molar-refractivity contribution is 5.95. The fourth-order valence-corrected chi connectivity index (χ4v) is 4.33. The molecule has 2 bridgehead atoms. The van der Waals surface area contributed by atoms with Crippen molar-refractivity contribution in [2.45, 2.75) is 44.2 Å². The molecule has 4 rings (SSSR count). The second-order valence-corrected chi connectivity index (χ2v) is 7.36. The number of nitrogens with one attached hydrogen (secondary N) is 1. The standard InChI is InChI=1S/C21H24N2O/c22-14-16-1-3-17(4-2-16)18-5-7-19(8-6-18)20(24)23-21-11-9-15(13-21)10-12-21/h1-8,15H,9-14,22H2,(H,23,24). The third-order valence-corrected chi connectivity index (χ3v) is 5.79. The van der Waals surface area contributed by atoms with Crippen molar-refractivity contribution in [1.29, 1.82) is 0 Å². The highest BCUT2D eigenvalue weighted by atomic mass is 16.1. The highest BCUT2D eigenvalue weighted by Crippen LogP contribution is 2.47. The maximum Gasteiger partial charge on any atom is 0.251 e. The lowest BCUT2D eigenvalue weighted by molar-refractivity contribution is 0.0901. The van der Waals surface area contributed by atoms with Crippen LogP contribution in [0.15, 0.2) is 48.5 Å². The smallest absolute Gasteiger partial charge is 0.251 e. The van der Waals surface area contributed by atoms with Crippen molar-refractivity contribution in [2.24, 2.45) is 11.7 Å². The number of hydrogen-bond donors (Lipinski definition) is 2. The van der Waals surface area contributed by atoms with E-state index in [9.17, 15) is 4.79 Å². The molecule has 0 unspecified atom stereocenters. The number of rotatable bonds is 4. The number of nitrogens with two attached hydrogens (primary N) is 1. The second kappa shape index (κ2) is 6.06. The topological polar surface area (TPSA) is 55.1 Å². The Morgan fingerprint density at radius 1 is 1.00 bits per heavy atom. The molecule has 0 atom stereocenters. The number of benzene rings is 2. The summed E-state index contributed by atoms with van der Waals surface area (Å²) in [4.78, 5) is 12.6. The molecule has 1 amide bonds. The van der Waals surface area contributed by atoms with E-state index in [0.717, 1.165) is 41.0 Å².